The van der Waals surface area contributed by atoms with Gasteiger partial charge in [0.25, 0.3) is 0 Å². The van der Waals surface area contributed by atoms with E-state index in [1.165, 1.54) is 12.1 Å². The third kappa shape index (κ3) is 3.53. The zero-order valence-electron chi connectivity index (χ0n) is 10.8. The molecule has 0 saturated heterocycles. The summed E-state index contributed by atoms with van der Waals surface area (Å²) in [5.41, 5.74) is 0.345. The van der Waals surface area contributed by atoms with Crippen LogP contribution in [0, 0.1) is 11.2 Å². The van der Waals surface area contributed by atoms with Gasteiger partial charge in [-0.2, -0.15) is 0 Å². The number of carboxylic acids is 1. The molecule has 0 bridgehead atoms. The summed E-state index contributed by atoms with van der Waals surface area (Å²) in [6, 6.07) is 5.75. The molecule has 3 nitrogen and oxygen atoms in total. The first-order valence-corrected chi connectivity index (χ1v) is 6.66. The second-order valence-electron chi connectivity index (χ2n) is 5.55. The van der Waals surface area contributed by atoms with Crippen LogP contribution in [0.5, 0.6) is 0 Å². The summed E-state index contributed by atoms with van der Waals surface area (Å²) in [5, 5.41) is 19.3. The molecule has 1 unspecified atom stereocenters. The fourth-order valence-electron chi connectivity index (χ4n) is 3.11. The van der Waals surface area contributed by atoms with E-state index in [0.29, 0.717) is 12.0 Å². The van der Waals surface area contributed by atoms with Crippen molar-refractivity contribution in [3.05, 3.63) is 35.6 Å². The van der Waals surface area contributed by atoms with Crippen molar-refractivity contribution in [2.75, 3.05) is 0 Å². The van der Waals surface area contributed by atoms with Crippen LogP contribution in [-0.4, -0.2) is 16.2 Å². The number of aliphatic hydroxyl groups excluding tert-OH is 1. The summed E-state index contributed by atoms with van der Waals surface area (Å²) in [4.78, 5) is 11.0. The Kier molecular flexibility index (Phi) is 4.20. The standard InChI is InChI=1S/C15H19FO3/c16-12-5-3-11(4-6-12)13(17)9-15(10-14(18)19)7-1-2-8-15/h3-6,13,17H,1-2,7-10H2,(H,18,19). The molecular weight excluding hydrogens is 247 g/mol. The Bertz CT molecular complexity index is 435. The highest BCUT2D eigenvalue weighted by molar-refractivity contribution is 5.67. The average molecular weight is 266 g/mol. The first kappa shape index (κ1) is 14.0. The predicted molar refractivity (Wildman–Crippen MR) is 69.1 cm³/mol. The van der Waals surface area contributed by atoms with Gasteiger partial charge in [0.05, 0.1) is 12.5 Å². The molecule has 19 heavy (non-hydrogen) atoms. The molecular formula is C15H19FO3. The molecule has 1 fully saturated rings. The Morgan fingerprint density at radius 1 is 1.26 bits per heavy atom. The molecule has 1 aliphatic rings. The van der Waals surface area contributed by atoms with Crippen molar-refractivity contribution < 1.29 is 19.4 Å². The van der Waals surface area contributed by atoms with Crippen LogP contribution >= 0.6 is 0 Å². The number of benzene rings is 1. The molecule has 0 radical (unpaired) electrons. The van der Waals surface area contributed by atoms with E-state index in [1.807, 2.05) is 0 Å². The molecule has 1 aromatic rings. The van der Waals surface area contributed by atoms with Gasteiger partial charge in [-0.15, -0.1) is 0 Å². The van der Waals surface area contributed by atoms with Crippen LogP contribution in [-0.2, 0) is 4.79 Å². The van der Waals surface area contributed by atoms with E-state index >= 15 is 0 Å². The normalized spacial score (nSPS) is 19.3. The SMILES string of the molecule is O=C(O)CC1(CC(O)c2ccc(F)cc2)CCCC1. The van der Waals surface area contributed by atoms with Gasteiger partial charge in [0.2, 0.25) is 0 Å². The molecule has 0 aliphatic heterocycles. The number of carbonyl (C=O) groups is 1. The number of carboxylic acid groups (broad SMARTS) is 1. The first-order valence-electron chi connectivity index (χ1n) is 6.66. The fourth-order valence-corrected chi connectivity index (χ4v) is 3.11. The van der Waals surface area contributed by atoms with Crippen LogP contribution in [0.2, 0.25) is 0 Å². The minimum atomic E-state index is -0.812. The van der Waals surface area contributed by atoms with Gasteiger partial charge >= 0.3 is 5.97 Å². The van der Waals surface area contributed by atoms with Gasteiger partial charge in [0, 0.05) is 0 Å². The van der Waals surface area contributed by atoms with Gasteiger partial charge < -0.3 is 10.2 Å². The summed E-state index contributed by atoms with van der Waals surface area (Å²) >= 11 is 0. The number of hydrogen-bond acceptors (Lipinski definition) is 2. The largest absolute Gasteiger partial charge is 0.481 e. The van der Waals surface area contributed by atoms with Gasteiger partial charge in [0.15, 0.2) is 0 Å². The highest BCUT2D eigenvalue weighted by atomic mass is 19.1. The topological polar surface area (TPSA) is 57.5 Å². The molecule has 104 valence electrons. The van der Waals surface area contributed by atoms with Gasteiger partial charge in [-0.25, -0.2) is 4.39 Å². The lowest BCUT2D eigenvalue weighted by molar-refractivity contribution is -0.140. The van der Waals surface area contributed by atoms with Crippen LogP contribution in [0.15, 0.2) is 24.3 Å². The summed E-state index contributed by atoms with van der Waals surface area (Å²) in [7, 11) is 0. The number of aliphatic hydroxyl groups is 1. The monoisotopic (exact) mass is 266 g/mol. The summed E-state index contributed by atoms with van der Waals surface area (Å²) in [5.74, 6) is -1.15. The van der Waals surface area contributed by atoms with E-state index < -0.39 is 12.1 Å². The Labute approximate surface area is 112 Å². The Morgan fingerprint density at radius 3 is 2.37 bits per heavy atom. The molecule has 2 N–H and O–H groups in total. The van der Waals surface area contributed by atoms with Crippen LogP contribution < -0.4 is 0 Å². The number of rotatable bonds is 5. The molecule has 4 heteroatoms. The van der Waals surface area contributed by atoms with E-state index in [2.05, 4.69) is 0 Å². The first-order chi connectivity index (χ1) is 9.01. The molecule has 0 aromatic heterocycles. The second-order valence-corrected chi connectivity index (χ2v) is 5.55. The van der Waals surface area contributed by atoms with Crippen molar-refractivity contribution in [1.29, 1.82) is 0 Å². The lowest BCUT2D eigenvalue weighted by atomic mass is 9.76. The maximum absolute atomic E-state index is 12.8. The van der Waals surface area contributed by atoms with Crippen LogP contribution in [0.25, 0.3) is 0 Å². The molecule has 1 aromatic carbocycles. The third-order valence-electron chi connectivity index (χ3n) is 4.07. The van der Waals surface area contributed by atoms with Crippen molar-refractivity contribution in [3.8, 4) is 0 Å². The smallest absolute Gasteiger partial charge is 0.303 e. The molecule has 1 atom stereocenters. The van der Waals surface area contributed by atoms with E-state index in [0.717, 1.165) is 25.7 Å². The maximum atomic E-state index is 12.8. The zero-order valence-corrected chi connectivity index (χ0v) is 10.8. The lowest BCUT2D eigenvalue weighted by Gasteiger charge is -2.29. The second kappa shape index (κ2) is 5.70. The third-order valence-corrected chi connectivity index (χ3v) is 4.07. The molecule has 1 aliphatic carbocycles. The maximum Gasteiger partial charge on any atom is 0.303 e. The molecule has 0 amide bonds. The summed E-state index contributed by atoms with van der Waals surface area (Å²) < 4.78 is 12.8. The zero-order chi connectivity index (χ0) is 13.9. The van der Waals surface area contributed by atoms with Crippen molar-refractivity contribution in [1.82, 2.24) is 0 Å². The van der Waals surface area contributed by atoms with Crippen molar-refractivity contribution in [3.63, 3.8) is 0 Å². The molecule has 0 spiro atoms. The Balaban J connectivity index is 2.08. The van der Waals surface area contributed by atoms with Gasteiger partial charge in [-0.1, -0.05) is 25.0 Å². The van der Waals surface area contributed by atoms with Crippen LogP contribution in [0.4, 0.5) is 4.39 Å². The number of hydrogen-bond donors (Lipinski definition) is 2. The molecule has 1 saturated carbocycles. The average Bonchev–Trinajstić information content (AvgIpc) is 2.77. The van der Waals surface area contributed by atoms with Crippen molar-refractivity contribution >= 4 is 5.97 Å². The predicted octanol–water partition coefficient (Wildman–Crippen LogP) is 3.28. The van der Waals surface area contributed by atoms with E-state index in [1.54, 1.807) is 12.1 Å². The minimum absolute atomic E-state index is 0.102. The molecule has 0 heterocycles. The quantitative estimate of drug-likeness (QED) is 0.859. The Hall–Kier alpha value is -1.42. The van der Waals surface area contributed by atoms with Crippen molar-refractivity contribution in [2.45, 2.75) is 44.6 Å². The van der Waals surface area contributed by atoms with E-state index in [-0.39, 0.29) is 17.7 Å². The van der Waals surface area contributed by atoms with E-state index in [4.69, 9.17) is 5.11 Å². The van der Waals surface area contributed by atoms with Gasteiger partial charge in [-0.3, -0.25) is 4.79 Å². The van der Waals surface area contributed by atoms with Crippen LogP contribution in [0.3, 0.4) is 0 Å². The fraction of sp³-hybridized carbons (Fsp3) is 0.533. The van der Waals surface area contributed by atoms with E-state index in [9.17, 15) is 14.3 Å². The highest BCUT2D eigenvalue weighted by Gasteiger charge is 2.37. The minimum Gasteiger partial charge on any atom is -0.481 e. The van der Waals surface area contributed by atoms with Gasteiger partial charge in [0.1, 0.15) is 5.82 Å². The highest BCUT2D eigenvalue weighted by Crippen LogP contribution is 2.47. The summed E-state index contributed by atoms with van der Waals surface area (Å²) in [6.07, 6.45) is 3.54. The van der Waals surface area contributed by atoms with Crippen LogP contribution in [0.1, 0.15) is 50.2 Å². The number of aliphatic carboxylic acids is 1. The van der Waals surface area contributed by atoms with Crippen molar-refractivity contribution in [2.24, 2.45) is 5.41 Å². The van der Waals surface area contributed by atoms with Gasteiger partial charge in [-0.05, 0) is 42.4 Å². The Morgan fingerprint density at radius 2 is 1.84 bits per heavy atom. The lowest BCUT2D eigenvalue weighted by Crippen LogP contribution is -2.23. The summed E-state index contributed by atoms with van der Waals surface area (Å²) in [6.45, 7) is 0. The number of halogens is 1. The molecule has 2 rings (SSSR count).